The first-order valence-electron chi connectivity index (χ1n) is 7.16. The van der Waals surface area contributed by atoms with Crippen LogP contribution in [0.5, 0.6) is 0 Å². The summed E-state index contributed by atoms with van der Waals surface area (Å²) in [4.78, 5) is 20.2. The lowest BCUT2D eigenvalue weighted by molar-refractivity contribution is 0.0620. The highest BCUT2D eigenvalue weighted by Crippen LogP contribution is 2.27. The smallest absolute Gasteiger partial charge is 0.253 e. The van der Waals surface area contributed by atoms with Gasteiger partial charge in [0.1, 0.15) is 4.83 Å². The predicted molar refractivity (Wildman–Crippen MR) is 80.0 cm³/mol. The Hall–Kier alpha value is -1.46. The maximum atomic E-state index is 12.4. The Morgan fingerprint density at radius 3 is 3.00 bits per heavy atom. The van der Waals surface area contributed by atoms with Gasteiger partial charge in [-0.3, -0.25) is 4.79 Å². The molecule has 20 heavy (non-hydrogen) atoms. The van der Waals surface area contributed by atoms with E-state index in [9.17, 15) is 4.79 Å². The summed E-state index contributed by atoms with van der Waals surface area (Å²) >= 11 is 1.60. The number of piperidine rings is 3. The summed E-state index contributed by atoms with van der Waals surface area (Å²) in [5.41, 5.74) is 0.673. The number of aromatic nitrogens is 1. The number of amides is 1. The van der Waals surface area contributed by atoms with Crippen molar-refractivity contribution in [3.05, 3.63) is 29.3 Å². The Morgan fingerprint density at radius 2 is 2.25 bits per heavy atom. The van der Waals surface area contributed by atoms with Crippen LogP contribution in [0.4, 0.5) is 0 Å². The molecular weight excluding hydrogens is 270 g/mol. The number of fused-ring (bicyclic) bond motifs is 4. The zero-order valence-electron chi connectivity index (χ0n) is 11.2. The van der Waals surface area contributed by atoms with Crippen molar-refractivity contribution in [2.24, 2.45) is 5.92 Å². The average molecular weight is 287 g/mol. The fourth-order valence-corrected chi connectivity index (χ4v) is 4.08. The minimum atomic E-state index is 0.0179. The lowest BCUT2D eigenvalue weighted by atomic mass is 9.84. The molecule has 2 aromatic heterocycles. The van der Waals surface area contributed by atoms with E-state index in [1.54, 1.807) is 17.5 Å². The molecule has 0 spiro atoms. The van der Waals surface area contributed by atoms with Gasteiger partial charge >= 0.3 is 0 Å². The van der Waals surface area contributed by atoms with Gasteiger partial charge in [-0.25, -0.2) is 4.98 Å². The van der Waals surface area contributed by atoms with E-state index in [-0.39, 0.29) is 5.91 Å². The number of pyridine rings is 1. The van der Waals surface area contributed by atoms with Gasteiger partial charge in [-0.15, -0.1) is 11.3 Å². The van der Waals surface area contributed by atoms with Crippen LogP contribution in [0.15, 0.2) is 23.7 Å². The molecule has 3 aliphatic heterocycles. The number of thiophene rings is 1. The number of hydrogen-bond acceptors (Lipinski definition) is 4. The van der Waals surface area contributed by atoms with Crippen LogP contribution in [0.3, 0.4) is 0 Å². The van der Waals surface area contributed by atoms with Gasteiger partial charge < -0.3 is 10.2 Å². The van der Waals surface area contributed by atoms with Crippen LogP contribution >= 0.6 is 11.3 Å². The number of hydrogen-bond donors (Lipinski definition) is 1. The van der Waals surface area contributed by atoms with E-state index in [1.807, 2.05) is 17.5 Å². The van der Waals surface area contributed by atoms with Crippen molar-refractivity contribution in [1.82, 2.24) is 15.2 Å². The van der Waals surface area contributed by atoms with Crippen LogP contribution in [-0.4, -0.2) is 41.5 Å². The topological polar surface area (TPSA) is 45.2 Å². The van der Waals surface area contributed by atoms with Crippen molar-refractivity contribution in [3.8, 4) is 0 Å². The van der Waals surface area contributed by atoms with E-state index in [4.69, 9.17) is 0 Å². The second-order valence-corrected chi connectivity index (χ2v) is 6.65. The molecule has 0 aromatic carbocycles. The first-order chi connectivity index (χ1) is 9.79. The molecule has 3 fully saturated rings. The number of carbonyl (C=O) groups is 1. The zero-order valence-corrected chi connectivity index (χ0v) is 12.0. The number of nitrogens with one attached hydrogen (secondary N) is 1. The Morgan fingerprint density at radius 1 is 1.40 bits per heavy atom. The van der Waals surface area contributed by atoms with E-state index >= 15 is 0 Å². The quantitative estimate of drug-likeness (QED) is 0.920. The maximum Gasteiger partial charge on any atom is 0.253 e. The highest BCUT2D eigenvalue weighted by Gasteiger charge is 2.34. The van der Waals surface area contributed by atoms with Gasteiger partial charge in [0.2, 0.25) is 0 Å². The van der Waals surface area contributed by atoms with Crippen LogP contribution in [0.1, 0.15) is 23.2 Å². The van der Waals surface area contributed by atoms with Crippen molar-refractivity contribution in [1.29, 1.82) is 0 Å². The van der Waals surface area contributed by atoms with E-state index < -0.39 is 0 Å². The van der Waals surface area contributed by atoms with Gasteiger partial charge in [0.05, 0.1) is 5.56 Å². The van der Waals surface area contributed by atoms with E-state index in [1.165, 1.54) is 25.9 Å². The summed E-state index contributed by atoms with van der Waals surface area (Å²) < 4.78 is 0. The van der Waals surface area contributed by atoms with Crippen LogP contribution in [0.2, 0.25) is 0 Å². The number of rotatable bonds is 2. The first kappa shape index (κ1) is 12.3. The Kier molecular flexibility index (Phi) is 2.97. The van der Waals surface area contributed by atoms with E-state index in [0.717, 1.165) is 16.8 Å². The molecule has 0 aliphatic carbocycles. The molecule has 0 radical (unpaired) electrons. The molecule has 4 nitrogen and oxygen atoms in total. The summed E-state index contributed by atoms with van der Waals surface area (Å²) in [6, 6.07) is 4.26. The molecule has 1 atom stereocenters. The minimum Gasteiger partial charge on any atom is -0.348 e. The summed E-state index contributed by atoms with van der Waals surface area (Å²) in [6.07, 6.45) is 4.12. The van der Waals surface area contributed by atoms with Gasteiger partial charge in [-0.2, -0.15) is 0 Å². The van der Waals surface area contributed by atoms with Gasteiger partial charge in [0.25, 0.3) is 5.91 Å². The molecule has 1 amide bonds. The van der Waals surface area contributed by atoms with Crippen LogP contribution < -0.4 is 5.32 Å². The fraction of sp³-hybridized carbons (Fsp3) is 0.467. The molecule has 2 aromatic rings. The lowest BCUT2D eigenvalue weighted by Crippen LogP contribution is -2.57. The molecule has 0 saturated carbocycles. The van der Waals surface area contributed by atoms with Crippen molar-refractivity contribution in [2.75, 3.05) is 19.6 Å². The van der Waals surface area contributed by atoms with Crippen molar-refractivity contribution < 1.29 is 4.79 Å². The molecule has 5 rings (SSSR count). The molecule has 3 saturated heterocycles. The highest BCUT2D eigenvalue weighted by atomic mass is 32.1. The van der Waals surface area contributed by atoms with Gasteiger partial charge in [0.15, 0.2) is 0 Å². The molecule has 3 aliphatic rings. The largest absolute Gasteiger partial charge is 0.348 e. The van der Waals surface area contributed by atoms with Gasteiger partial charge in [0, 0.05) is 24.2 Å². The zero-order chi connectivity index (χ0) is 13.5. The molecule has 5 heterocycles. The maximum absolute atomic E-state index is 12.4. The Labute approximate surface area is 121 Å². The van der Waals surface area contributed by atoms with E-state index in [2.05, 4.69) is 15.2 Å². The summed E-state index contributed by atoms with van der Waals surface area (Å²) in [7, 11) is 0. The fourth-order valence-electron chi connectivity index (χ4n) is 3.36. The predicted octanol–water partition coefficient (Wildman–Crippen LogP) is 2.12. The molecule has 1 N–H and O–H groups in total. The monoisotopic (exact) mass is 287 g/mol. The van der Waals surface area contributed by atoms with Crippen LogP contribution in [0.25, 0.3) is 10.2 Å². The highest BCUT2D eigenvalue weighted by molar-refractivity contribution is 7.16. The van der Waals surface area contributed by atoms with Gasteiger partial charge in [-0.1, -0.05) is 0 Å². The Bertz CT molecular complexity index is 645. The number of nitrogens with zero attached hydrogens (tertiary/aromatic N) is 2. The van der Waals surface area contributed by atoms with Gasteiger partial charge in [-0.05, 0) is 49.4 Å². The third-order valence-electron chi connectivity index (χ3n) is 4.54. The normalized spacial score (nSPS) is 28.7. The molecule has 104 valence electrons. The summed E-state index contributed by atoms with van der Waals surface area (Å²) in [5, 5.41) is 6.27. The molecule has 5 heteroatoms. The molecular formula is C15H17N3OS. The van der Waals surface area contributed by atoms with Crippen molar-refractivity contribution in [2.45, 2.75) is 18.9 Å². The lowest BCUT2D eigenvalue weighted by Gasteiger charge is -2.44. The van der Waals surface area contributed by atoms with Crippen LogP contribution in [-0.2, 0) is 0 Å². The Balaban J connectivity index is 1.52. The number of carbonyl (C=O) groups excluding carboxylic acids is 1. The van der Waals surface area contributed by atoms with Crippen molar-refractivity contribution >= 4 is 27.5 Å². The average Bonchev–Trinajstić information content (AvgIpc) is 2.96. The second kappa shape index (κ2) is 4.82. The standard InChI is InChI=1S/C15H17N3OS/c19-14(12-7-11-3-6-20-15(11)16-8-12)17-13-9-18-4-1-10(13)2-5-18/h3,6-8,10,13H,1-2,4-5,9H2,(H,17,19)/t13-/m1/s1. The third-order valence-corrected chi connectivity index (χ3v) is 5.38. The van der Waals surface area contributed by atoms with E-state index in [0.29, 0.717) is 17.5 Å². The second-order valence-electron chi connectivity index (χ2n) is 5.76. The van der Waals surface area contributed by atoms with Crippen LogP contribution in [0, 0.1) is 5.92 Å². The summed E-state index contributed by atoms with van der Waals surface area (Å²) in [5.74, 6) is 0.672. The SMILES string of the molecule is O=C(N[C@@H]1CN2CCC1CC2)c1cnc2sccc2c1. The third kappa shape index (κ3) is 2.11. The molecule has 2 bridgehead atoms. The summed E-state index contributed by atoms with van der Waals surface area (Å²) in [6.45, 7) is 3.39. The minimum absolute atomic E-state index is 0.0179. The first-order valence-corrected chi connectivity index (χ1v) is 8.04. The molecule has 0 unspecified atom stereocenters. The van der Waals surface area contributed by atoms with Crippen molar-refractivity contribution in [3.63, 3.8) is 0 Å².